The summed E-state index contributed by atoms with van der Waals surface area (Å²) in [4.78, 5) is 28.7. The molecule has 3 rings (SSSR count). The van der Waals surface area contributed by atoms with Crippen LogP contribution in [0.3, 0.4) is 0 Å². The number of hydrogen-bond acceptors (Lipinski definition) is 7. The molecule has 3 aromatic carbocycles. The molecule has 0 saturated heterocycles. The van der Waals surface area contributed by atoms with Crippen LogP contribution in [-0.2, 0) is 26.2 Å². The molecule has 0 spiro atoms. The van der Waals surface area contributed by atoms with Gasteiger partial charge < -0.3 is 24.4 Å². The number of amides is 2. The summed E-state index contributed by atoms with van der Waals surface area (Å²) < 4.78 is 45.3. The van der Waals surface area contributed by atoms with Crippen LogP contribution in [0.15, 0.2) is 77.7 Å². The molecule has 3 aromatic rings. The van der Waals surface area contributed by atoms with Crippen LogP contribution in [0, 0.1) is 0 Å². The summed E-state index contributed by atoms with van der Waals surface area (Å²) in [5.41, 5.74) is 0.828. The molecule has 0 aliphatic carbocycles. The largest absolute Gasteiger partial charge is 0.497 e. The second-order valence-corrected chi connectivity index (χ2v) is 11.6. The average Bonchev–Trinajstić information content (AvgIpc) is 3.01. The Morgan fingerprint density at radius 3 is 2.14 bits per heavy atom. The van der Waals surface area contributed by atoms with E-state index in [9.17, 15) is 18.0 Å². The number of benzene rings is 3. The van der Waals surface area contributed by atoms with Crippen molar-refractivity contribution in [3.05, 3.63) is 78.4 Å². The Bertz CT molecular complexity index is 1460. The second kappa shape index (κ2) is 14.6. The molecule has 0 radical (unpaired) electrons. The van der Waals surface area contributed by atoms with Crippen LogP contribution < -0.4 is 23.8 Å². The molecule has 0 heterocycles. The van der Waals surface area contributed by atoms with Gasteiger partial charge in [0, 0.05) is 18.7 Å². The van der Waals surface area contributed by atoms with Gasteiger partial charge in [0.1, 0.15) is 29.8 Å². The lowest BCUT2D eigenvalue weighted by molar-refractivity contribution is -0.139. The van der Waals surface area contributed by atoms with E-state index in [4.69, 9.17) is 14.2 Å². The van der Waals surface area contributed by atoms with Crippen LogP contribution in [-0.4, -0.2) is 65.1 Å². The topological polar surface area (TPSA) is 114 Å². The molecule has 0 saturated carbocycles. The zero-order valence-electron chi connectivity index (χ0n) is 24.9. The Balaban J connectivity index is 2.11. The number of methoxy groups -OCH3 is 3. The van der Waals surface area contributed by atoms with E-state index in [2.05, 4.69) is 5.32 Å². The number of nitrogens with one attached hydrogen (secondary N) is 1. The fourth-order valence-electron chi connectivity index (χ4n) is 4.24. The van der Waals surface area contributed by atoms with Gasteiger partial charge in [0.25, 0.3) is 10.0 Å². The van der Waals surface area contributed by atoms with Crippen LogP contribution in [0.25, 0.3) is 0 Å². The van der Waals surface area contributed by atoms with Gasteiger partial charge in [-0.25, -0.2) is 8.42 Å². The van der Waals surface area contributed by atoms with Gasteiger partial charge in [-0.15, -0.1) is 0 Å². The highest BCUT2D eigenvalue weighted by Gasteiger charge is 2.34. The van der Waals surface area contributed by atoms with Gasteiger partial charge >= 0.3 is 0 Å². The van der Waals surface area contributed by atoms with Crippen molar-refractivity contribution in [2.24, 2.45) is 0 Å². The fraction of sp³-hybridized carbons (Fsp3) is 0.355. The SMILES string of the molecule is CCC(C)NC(=O)C(C)N(Cc1cccc(OC)c1)C(=O)CN(c1cc(OC)ccc1OC)S(=O)(=O)c1ccccc1. The van der Waals surface area contributed by atoms with Crippen molar-refractivity contribution < 1.29 is 32.2 Å². The normalized spacial score (nSPS) is 12.5. The molecule has 0 bridgehead atoms. The number of nitrogens with zero attached hydrogens (tertiary/aromatic N) is 2. The zero-order chi connectivity index (χ0) is 30.9. The number of rotatable bonds is 14. The third kappa shape index (κ3) is 7.73. The lowest BCUT2D eigenvalue weighted by Crippen LogP contribution is -2.52. The van der Waals surface area contributed by atoms with E-state index in [1.165, 1.54) is 44.4 Å². The summed E-state index contributed by atoms with van der Waals surface area (Å²) in [7, 11) is 0.149. The first kappa shape index (κ1) is 32.3. The molecule has 2 atom stereocenters. The number of sulfonamides is 1. The maximum Gasteiger partial charge on any atom is 0.264 e. The van der Waals surface area contributed by atoms with Gasteiger partial charge in [-0.05, 0) is 62.2 Å². The first-order valence-corrected chi connectivity index (χ1v) is 15.0. The van der Waals surface area contributed by atoms with Crippen molar-refractivity contribution in [3.8, 4) is 17.2 Å². The van der Waals surface area contributed by atoms with Gasteiger partial charge in [-0.2, -0.15) is 0 Å². The van der Waals surface area contributed by atoms with Crippen molar-refractivity contribution in [2.75, 3.05) is 32.2 Å². The number of carbonyl (C=O) groups excluding carboxylic acids is 2. The van der Waals surface area contributed by atoms with E-state index < -0.39 is 28.5 Å². The third-order valence-corrected chi connectivity index (χ3v) is 8.69. The van der Waals surface area contributed by atoms with Crippen LogP contribution in [0.2, 0.25) is 0 Å². The third-order valence-electron chi connectivity index (χ3n) is 6.92. The smallest absolute Gasteiger partial charge is 0.264 e. The van der Waals surface area contributed by atoms with E-state index in [0.29, 0.717) is 23.5 Å². The molecule has 42 heavy (non-hydrogen) atoms. The molecule has 2 unspecified atom stereocenters. The summed E-state index contributed by atoms with van der Waals surface area (Å²) >= 11 is 0. The van der Waals surface area contributed by atoms with Gasteiger partial charge in [-0.1, -0.05) is 37.3 Å². The molecule has 0 aliphatic rings. The molecule has 10 nitrogen and oxygen atoms in total. The van der Waals surface area contributed by atoms with Gasteiger partial charge in [0.15, 0.2) is 0 Å². The molecule has 226 valence electrons. The van der Waals surface area contributed by atoms with Crippen LogP contribution in [0.1, 0.15) is 32.8 Å². The zero-order valence-corrected chi connectivity index (χ0v) is 25.7. The minimum atomic E-state index is -4.26. The van der Waals surface area contributed by atoms with Crippen LogP contribution >= 0.6 is 0 Å². The van der Waals surface area contributed by atoms with Gasteiger partial charge in [-0.3, -0.25) is 13.9 Å². The minimum absolute atomic E-state index is 0.00965. The molecular weight excluding hydrogens is 558 g/mol. The highest BCUT2D eigenvalue weighted by Crippen LogP contribution is 2.36. The number of anilines is 1. The summed E-state index contributed by atoms with van der Waals surface area (Å²) in [6.45, 7) is 4.88. The molecule has 11 heteroatoms. The fourth-order valence-corrected chi connectivity index (χ4v) is 5.68. The van der Waals surface area contributed by atoms with Gasteiger partial charge in [0.2, 0.25) is 11.8 Å². The van der Waals surface area contributed by atoms with Crippen molar-refractivity contribution >= 4 is 27.5 Å². The molecule has 0 aliphatic heterocycles. The highest BCUT2D eigenvalue weighted by molar-refractivity contribution is 7.92. The maximum absolute atomic E-state index is 14.2. The van der Waals surface area contributed by atoms with E-state index in [-0.39, 0.29) is 34.8 Å². The van der Waals surface area contributed by atoms with Gasteiger partial charge in [0.05, 0.1) is 31.9 Å². The van der Waals surface area contributed by atoms with E-state index in [1.807, 2.05) is 19.9 Å². The predicted octanol–water partition coefficient (Wildman–Crippen LogP) is 4.24. The minimum Gasteiger partial charge on any atom is -0.497 e. The lowest BCUT2D eigenvalue weighted by atomic mass is 10.1. The number of carbonyl (C=O) groups is 2. The summed E-state index contributed by atoms with van der Waals surface area (Å²) in [6, 6.07) is 18.6. The lowest BCUT2D eigenvalue weighted by Gasteiger charge is -2.33. The van der Waals surface area contributed by atoms with E-state index in [1.54, 1.807) is 55.5 Å². The quantitative estimate of drug-likeness (QED) is 0.296. The molecule has 0 aromatic heterocycles. The first-order valence-electron chi connectivity index (χ1n) is 13.6. The predicted molar refractivity (Wildman–Crippen MR) is 161 cm³/mol. The number of ether oxygens (including phenoxy) is 3. The Hall–Kier alpha value is -4.25. The monoisotopic (exact) mass is 597 g/mol. The van der Waals surface area contributed by atoms with E-state index >= 15 is 0 Å². The van der Waals surface area contributed by atoms with Crippen LogP contribution in [0.4, 0.5) is 5.69 Å². The Kier molecular flexibility index (Phi) is 11.2. The average molecular weight is 598 g/mol. The summed E-state index contributed by atoms with van der Waals surface area (Å²) in [6.07, 6.45) is 0.709. The van der Waals surface area contributed by atoms with Crippen molar-refractivity contribution in [1.82, 2.24) is 10.2 Å². The molecule has 1 N–H and O–H groups in total. The van der Waals surface area contributed by atoms with Crippen molar-refractivity contribution in [2.45, 2.75) is 50.7 Å². The molecule has 0 fully saturated rings. The van der Waals surface area contributed by atoms with Crippen molar-refractivity contribution in [1.29, 1.82) is 0 Å². The van der Waals surface area contributed by atoms with E-state index in [0.717, 1.165) is 4.31 Å². The molecule has 2 amide bonds. The standard InChI is InChI=1S/C31H39N3O7S/c1-7-22(2)32-31(36)23(3)33(20-24-12-11-13-25(18-24)39-4)30(35)21-34(42(37,38)27-14-9-8-10-15-27)28-19-26(40-5)16-17-29(28)41-6/h8-19,22-23H,7,20-21H2,1-6H3,(H,32,36). The van der Waals surface area contributed by atoms with Crippen molar-refractivity contribution in [3.63, 3.8) is 0 Å². The Morgan fingerprint density at radius 1 is 0.857 bits per heavy atom. The second-order valence-electron chi connectivity index (χ2n) is 9.73. The highest BCUT2D eigenvalue weighted by atomic mass is 32.2. The number of hydrogen-bond donors (Lipinski definition) is 1. The Labute approximate surface area is 248 Å². The summed E-state index contributed by atoms with van der Waals surface area (Å²) in [5, 5.41) is 2.92. The molecular formula is C31H39N3O7S. The van der Waals surface area contributed by atoms with Crippen LogP contribution in [0.5, 0.6) is 17.2 Å². The Morgan fingerprint density at radius 2 is 1.52 bits per heavy atom. The maximum atomic E-state index is 14.2. The first-order chi connectivity index (χ1) is 20.0. The summed E-state index contributed by atoms with van der Waals surface area (Å²) in [5.74, 6) is 0.253.